The van der Waals surface area contributed by atoms with Crippen molar-refractivity contribution in [3.8, 4) is 0 Å². The lowest BCUT2D eigenvalue weighted by molar-refractivity contribution is 0.216. The minimum absolute atomic E-state index is 0.140. The Kier molecular flexibility index (Phi) is 3.25. The first-order chi connectivity index (χ1) is 7.51. The molecule has 1 heteroatoms. The second kappa shape index (κ2) is 4.37. The first-order valence-corrected chi connectivity index (χ1v) is 6.56. The summed E-state index contributed by atoms with van der Waals surface area (Å²) in [6.45, 7) is 6.94. The third-order valence-electron chi connectivity index (χ3n) is 4.78. The predicted molar refractivity (Wildman–Crippen MR) is 68.2 cm³/mol. The van der Waals surface area contributed by atoms with Gasteiger partial charge < -0.3 is 5.11 Å². The molecule has 2 atom stereocenters. The maximum absolute atomic E-state index is 9.76. The molecular formula is C15H24O. The van der Waals surface area contributed by atoms with Gasteiger partial charge in [0.1, 0.15) is 0 Å². The third kappa shape index (κ3) is 2.10. The fourth-order valence-electron chi connectivity index (χ4n) is 2.97. The van der Waals surface area contributed by atoms with E-state index >= 15 is 0 Å². The van der Waals surface area contributed by atoms with E-state index in [0.29, 0.717) is 5.41 Å². The molecule has 0 amide bonds. The van der Waals surface area contributed by atoms with Crippen LogP contribution in [-0.2, 0) is 0 Å². The minimum Gasteiger partial charge on any atom is -0.389 e. The molecule has 1 nitrogen and oxygen atoms in total. The molecule has 0 aliphatic heterocycles. The van der Waals surface area contributed by atoms with Crippen LogP contribution >= 0.6 is 0 Å². The van der Waals surface area contributed by atoms with E-state index in [1.807, 2.05) is 0 Å². The van der Waals surface area contributed by atoms with Crippen molar-refractivity contribution in [3.63, 3.8) is 0 Å². The number of rotatable bonds is 2. The largest absolute Gasteiger partial charge is 0.389 e. The van der Waals surface area contributed by atoms with Crippen LogP contribution in [-0.4, -0.2) is 11.2 Å². The monoisotopic (exact) mass is 220 g/mol. The van der Waals surface area contributed by atoms with Gasteiger partial charge in [0.15, 0.2) is 0 Å². The smallest absolute Gasteiger partial charge is 0.0750 e. The van der Waals surface area contributed by atoms with Gasteiger partial charge in [-0.1, -0.05) is 31.6 Å². The molecule has 2 aliphatic carbocycles. The lowest BCUT2D eigenvalue weighted by atomic mass is 9.76. The summed E-state index contributed by atoms with van der Waals surface area (Å²) < 4.78 is 0. The van der Waals surface area contributed by atoms with Crippen LogP contribution in [0.25, 0.3) is 0 Å². The Morgan fingerprint density at radius 2 is 2.25 bits per heavy atom. The highest BCUT2D eigenvalue weighted by Gasteiger charge is 2.34. The van der Waals surface area contributed by atoms with E-state index in [9.17, 15) is 5.11 Å². The number of aliphatic hydroxyl groups excluding tert-OH is 1. The highest BCUT2D eigenvalue weighted by molar-refractivity contribution is 5.20. The van der Waals surface area contributed by atoms with Gasteiger partial charge in [0.2, 0.25) is 0 Å². The van der Waals surface area contributed by atoms with Gasteiger partial charge in [-0.05, 0) is 55.9 Å². The molecule has 0 aromatic rings. The van der Waals surface area contributed by atoms with Gasteiger partial charge in [-0.2, -0.15) is 0 Å². The summed E-state index contributed by atoms with van der Waals surface area (Å²) in [5.74, 6) is 0.729. The van der Waals surface area contributed by atoms with Crippen molar-refractivity contribution in [1.29, 1.82) is 0 Å². The van der Waals surface area contributed by atoms with Crippen LogP contribution in [0, 0.1) is 11.3 Å². The molecule has 90 valence electrons. The third-order valence-corrected chi connectivity index (χ3v) is 4.78. The SMILES string of the molecule is CC1=CCC(C/C=C2\CCCC2O)C1(C)C. The number of aliphatic hydroxyl groups is 1. The van der Waals surface area contributed by atoms with Crippen LogP contribution in [0.5, 0.6) is 0 Å². The molecule has 0 bridgehead atoms. The molecule has 0 aromatic heterocycles. The molecule has 2 aliphatic rings. The summed E-state index contributed by atoms with van der Waals surface area (Å²) in [6.07, 6.45) is 10.1. The van der Waals surface area contributed by atoms with Crippen molar-refractivity contribution < 1.29 is 5.11 Å². The van der Waals surface area contributed by atoms with Crippen LogP contribution in [0.3, 0.4) is 0 Å². The van der Waals surface area contributed by atoms with Gasteiger partial charge in [0.05, 0.1) is 6.10 Å². The van der Waals surface area contributed by atoms with Crippen LogP contribution in [0.4, 0.5) is 0 Å². The Morgan fingerprint density at radius 1 is 1.50 bits per heavy atom. The highest BCUT2D eigenvalue weighted by Crippen LogP contribution is 2.45. The molecule has 1 N–H and O–H groups in total. The van der Waals surface area contributed by atoms with E-state index < -0.39 is 0 Å². The van der Waals surface area contributed by atoms with E-state index in [4.69, 9.17) is 0 Å². The van der Waals surface area contributed by atoms with Gasteiger partial charge in [-0.3, -0.25) is 0 Å². The molecule has 0 saturated heterocycles. The zero-order chi connectivity index (χ0) is 11.8. The quantitative estimate of drug-likeness (QED) is 0.701. The van der Waals surface area contributed by atoms with Gasteiger partial charge in [0, 0.05) is 0 Å². The number of allylic oxidation sites excluding steroid dienone is 3. The second-order valence-electron chi connectivity index (χ2n) is 5.96. The van der Waals surface area contributed by atoms with Crippen LogP contribution in [0.15, 0.2) is 23.3 Å². The van der Waals surface area contributed by atoms with Crippen molar-refractivity contribution in [2.75, 3.05) is 0 Å². The van der Waals surface area contributed by atoms with E-state index in [-0.39, 0.29) is 6.10 Å². The molecule has 2 unspecified atom stereocenters. The zero-order valence-electron chi connectivity index (χ0n) is 10.8. The first kappa shape index (κ1) is 11.9. The molecule has 16 heavy (non-hydrogen) atoms. The van der Waals surface area contributed by atoms with Crippen molar-refractivity contribution in [2.45, 2.75) is 59.0 Å². The van der Waals surface area contributed by atoms with E-state index in [1.54, 1.807) is 0 Å². The van der Waals surface area contributed by atoms with Crippen molar-refractivity contribution >= 4 is 0 Å². The van der Waals surface area contributed by atoms with E-state index in [2.05, 4.69) is 32.9 Å². The minimum atomic E-state index is -0.140. The highest BCUT2D eigenvalue weighted by atomic mass is 16.3. The summed E-state index contributed by atoms with van der Waals surface area (Å²) in [6, 6.07) is 0. The summed E-state index contributed by atoms with van der Waals surface area (Å²) in [4.78, 5) is 0. The fraction of sp³-hybridized carbons (Fsp3) is 0.733. The molecule has 0 heterocycles. The summed E-state index contributed by atoms with van der Waals surface area (Å²) in [7, 11) is 0. The fourth-order valence-corrected chi connectivity index (χ4v) is 2.97. The maximum Gasteiger partial charge on any atom is 0.0750 e. The standard InChI is InChI=1S/C15H24O/c1-11-7-9-13(15(11,2)3)10-8-12-5-4-6-14(12)16/h7-8,13-14,16H,4-6,9-10H2,1-3H3/b12-8+. The lowest BCUT2D eigenvalue weighted by Gasteiger charge is -2.29. The molecule has 0 radical (unpaired) electrons. The second-order valence-corrected chi connectivity index (χ2v) is 5.96. The van der Waals surface area contributed by atoms with Gasteiger partial charge in [-0.25, -0.2) is 0 Å². The number of hydrogen-bond acceptors (Lipinski definition) is 1. The van der Waals surface area contributed by atoms with Crippen LogP contribution in [0.1, 0.15) is 52.9 Å². The lowest BCUT2D eigenvalue weighted by Crippen LogP contribution is -2.20. The van der Waals surface area contributed by atoms with Crippen molar-refractivity contribution in [3.05, 3.63) is 23.3 Å². The predicted octanol–water partition coefficient (Wildman–Crippen LogP) is 3.84. The molecule has 1 saturated carbocycles. The Morgan fingerprint density at radius 3 is 2.75 bits per heavy atom. The Balaban J connectivity index is 1.97. The van der Waals surface area contributed by atoms with E-state index in [1.165, 1.54) is 24.0 Å². The van der Waals surface area contributed by atoms with Crippen molar-refractivity contribution in [1.82, 2.24) is 0 Å². The molecular weight excluding hydrogens is 196 g/mol. The maximum atomic E-state index is 9.76. The molecule has 0 spiro atoms. The van der Waals surface area contributed by atoms with E-state index in [0.717, 1.165) is 25.2 Å². The van der Waals surface area contributed by atoms with Crippen LogP contribution < -0.4 is 0 Å². The Hall–Kier alpha value is -0.560. The van der Waals surface area contributed by atoms with Crippen LogP contribution in [0.2, 0.25) is 0 Å². The van der Waals surface area contributed by atoms with Gasteiger partial charge in [-0.15, -0.1) is 0 Å². The zero-order valence-corrected chi connectivity index (χ0v) is 10.8. The van der Waals surface area contributed by atoms with Gasteiger partial charge in [0.25, 0.3) is 0 Å². The Bertz CT molecular complexity index is 322. The average molecular weight is 220 g/mol. The molecule has 0 aromatic carbocycles. The van der Waals surface area contributed by atoms with Crippen molar-refractivity contribution in [2.24, 2.45) is 11.3 Å². The van der Waals surface area contributed by atoms with Gasteiger partial charge >= 0.3 is 0 Å². The average Bonchev–Trinajstić information content (AvgIpc) is 2.72. The molecule has 2 rings (SSSR count). The number of hydrogen-bond donors (Lipinski definition) is 1. The molecule has 1 fully saturated rings. The first-order valence-electron chi connectivity index (χ1n) is 6.56. The normalized spacial score (nSPS) is 35.8. The summed E-state index contributed by atoms with van der Waals surface area (Å²) >= 11 is 0. The Labute approximate surface area is 99.3 Å². The summed E-state index contributed by atoms with van der Waals surface area (Å²) in [5.41, 5.74) is 3.17. The topological polar surface area (TPSA) is 20.2 Å². The summed E-state index contributed by atoms with van der Waals surface area (Å²) in [5, 5.41) is 9.76.